The van der Waals surface area contributed by atoms with E-state index in [1.807, 2.05) is 194 Å². The van der Waals surface area contributed by atoms with Gasteiger partial charge in [-0.1, -0.05) is 204 Å². The van der Waals surface area contributed by atoms with Gasteiger partial charge in [0.15, 0.2) is 0 Å². The van der Waals surface area contributed by atoms with E-state index in [-0.39, 0.29) is 80.4 Å². The van der Waals surface area contributed by atoms with Crippen LogP contribution < -0.4 is 39.2 Å². The summed E-state index contributed by atoms with van der Waals surface area (Å²) in [4.78, 5) is 56.8. The molecule has 0 fully saturated rings. The third-order valence-electron chi connectivity index (χ3n) is 22.7. The predicted octanol–water partition coefficient (Wildman–Crippen LogP) is 27.2. The molecule has 8 heterocycles. The first kappa shape index (κ1) is 93.3. The number of aryl methyl sites for hydroxylation is 6. The Labute approximate surface area is 817 Å². The molecule has 4 aliphatic rings. The van der Waals surface area contributed by atoms with Gasteiger partial charge in [-0.3, -0.25) is 0 Å². The van der Waals surface area contributed by atoms with Gasteiger partial charge in [0.2, 0.25) is 0 Å². The molecule has 0 bridgehead atoms. The Morgan fingerprint density at radius 3 is 0.915 bits per heavy atom. The number of para-hydroxylation sites is 8. The minimum Gasteiger partial charge on any atom is -0.478 e. The van der Waals surface area contributed by atoms with Crippen LogP contribution in [-0.4, -0.2) is 39.9 Å². The van der Waals surface area contributed by atoms with Crippen LogP contribution in [0.15, 0.2) is 340 Å². The van der Waals surface area contributed by atoms with Crippen LogP contribution in [0.4, 0.5) is 91.9 Å². The minimum absolute atomic E-state index is 0. The molecule has 4 aromatic heterocycles. The Hall–Kier alpha value is -12.8. The molecule has 13 aromatic carbocycles. The molecular formula is C110H92Ir4N16-8. The fourth-order valence-corrected chi connectivity index (χ4v) is 16.5. The second-order valence-corrected chi connectivity index (χ2v) is 31.8. The minimum atomic E-state index is 0. The van der Waals surface area contributed by atoms with E-state index < -0.39 is 0 Å². The van der Waals surface area contributed by atoms with E-state index in [0.717, 1.165) is 154 Å². The van der Waals surface area contributed by atoms with Gasteiger partial charge in [0, 0.05) is 131 Å². The fraction of sp³-hybridized carbons (Fsp3) is 0.109. The number of rotatable bonds is 15. The summed E-state index contributed by atoms with van der Waals surface area (Å²) in [5.41, 5.74) is 28.6. The van der Waals surface area contributed by atoms with Crippen LogP contribution in [0, 0.1) is 92.5 Å². The predicted molar refractivity (Wildman–Crippen MR) is 513 cm³/mol. The van der Waals surface area contributed by atoms with Gasteiger partial charge in [0.05, 0.1) is 46.6 Å². The van der Waals surface area contributed by atoms with Gasteiger partial charge < -0.3 is 39.2 Å². The Kier molecular flexibility index (Phi) is 30.3. The van der Waals surface area contributed by atoms with Crippen LogP contribution >= 0.6 is 0 Å². The van der Waals surface area contributed by atoms with Gasteiger partial charge in [0.1, 0.15) is 47.1 Å². The van der Waals surface area contributed by atoms with Crippen molar-refractivity contribution in [1.82, 2.24) is 39.9 Å². The topological polar surface area (TPSA) is 129 Å². The average molecular weight is 2410 g/mol. The Morgan fingerprint density at radius 2 is 0.554 bits per heavy atom. The molecule has 17 aromatic rings. The van der Waals surface area contributed by atoms with E-state index in [4.69, 9.17) is 29.9 Å². The summed E-state index contributed by atoms with van der Waals surface area (Å²) in [6, 6.07) is 122. The second-order valence-electron chi connectivity index (χ2n) is 31.8. The zero-order valence-electron chi connectivity index (χ0n) is 73.3. The van der Waals surface area contributed by atoms with E-state index >= 15 is 0 Å². The quantitative estimate of drug-likeness (QED) is 0.0902. The number of hydrogen-bond donors (Lipinski definition) is 0. The van der Waals surface area contributed by atoms with E-state index in [2.05, 4.69) is 309 Å². The third kappa shape index (κ3) is 19.3. The van der Waals surface area contributed by atoms with Gasteiger partial charge in [-0.15, -0.1) is 49.4 Å². The molecule has 0 N–H and O–H groups in total. The van der Waals surface area contributed by atoms with Crippen molar-refractivity contribution in [3.8, 4) is 56.3 Å². The zero-order chi connectivity index (χ0) is 86.3. The van der Waals surface area contributed by atoms with Crippen molar-refractivity contribution in [3.05, 3.63) is 436 Å². The third-order valence-corrected chi connectivity index (χ3v) is 22.7. The van der Waals surface area contributed by atoms with Crippen molar-refractivity contribution in [3.63, 3.8) is 0 Å². The number of nitrogens with zero attached hydrogens (tertiary/aromatic N) is 16. The maximum atomic E-state index is 5.41. The first-order chi connectivity index (χ1) is 61.7. The van der Waals surface area contributed by atoms with Gasteiger partial charge in [0.25, 0.3) is 0 Å². The van der Waals surface area contributed by atoms with Crippen LogP contribution in [0.1, 0.15) is 84.0 Å². The summed E-state index contributed by atoms with van der Waals surface area (Å²) in [5, 5.41) is 0. The Morgan fingerprint density at radius 1 is 0.254 bits per heavy atom. The fourth-order valence-electron chi connectivity index (χ4n) is 16.5. The Bertz CT molecular complexity index is 6330. The van der Waals surface area contributed by atoms with Crippen molar-refractivity contribution >= 4 is 91.9 Å². The van der Waals surface area contributed by atoms with Crippen molar-refractivity contribution < 1.29 is 80.4 Å². The van der Waals surface area contributed by atoms with Gasteiger partial charge in [-0.2, -0.15) is 121 Å². The molecule has 0 saturated heterocycles. The van der Waals surface area contributed by atoms with Gasteiger partial charge >= 0.3 is 0 Å². The molecule has 0 saturated carbocycles. The van der Waals surface area contributed by atoms with E-state index in [1.165, 1.54) is 38.9 Å². The summed E-state index contributed by atoms with van der Waals surface area (Å²) in [6.07, 6.45) is 5.32. The molecule has 656 valence electrons. The molecule has 130 heavy (non-hydrogen) atoms. The molecule has 20 heteroatoms. The molecule has 0 unspecified atom stereocenters. The van der Waals surface area contributed by atoms with Crippen LogP contribution in [-0.2, 0) is 80.4 Å². The van der Waals surface area contributed by atoms with Crippen molar-refractivity contribution in [2.45, 2.75) is 81.1 Å². The molecule has 21 rings (SSSR count). The standard InChI is InChI=1S/C33H28N4.C31H24N4.C29H28N4.C17H12N4.4Ir/c1-22-13-11-14-23(2)28(22)30-31(29-24(3)15-12-16-25(29)4)35-33-32(34-30)36(26-17-7-5-8-18-26)21-37(33)27-19-9-6-10-20-27;1-22-13-9-11-19-26(22)28-29(27-20-12-10-14-23(27)2)33-31-30(32-28)34(24-15-5-3-6-16-24)21-35(31)25-17-7-4-8-18-25;1-20(2)24-16-11-17-25(21(3)4)27(24)26-18-30-28-29(31-26)33(23-14-9-6-10-15-23)19-32(28)22-12-7-5-8-13-22;1-3-7-14(8-4-1)20-13-21(15-9-5-2-6-10-15)17-16(20)11-18-12-19-17;;;;/h5-19,21H,1-4H3;3-17,19-21H,1-2H3;5-14,16-21H,1-4H3;1-9,11-13H;;;;/q4*-2;;;;. The van der Waals surface area contributed by atoms with E-state index in [0.29, 0.717) is 11.8 Å². The number of benzene rings is 13. The first-order valence-corrected chi connectivity index (χ1v) is 42.4. The Balaban J connectivity index is 0.000000141. The summed E-state index contributed by atoms with van der Waals surface area (Å²) in [7, 11) is 0. The largest absolute Gasteiger partial charge is 0.478 e. The van der Waals surface area contributed by atoms with E-state index in [1.54, 1.807) is 6.33 Å². The molecule has 0 spiro atoms. The summed E-state index contributed by atoms with van der Waals surface area (Å²) >= 11 is 0. The molecular weight excluding hydrogens is 2310 g/mol. The second kappa shape index (κ2) is 42.2. The van der Waals surface area contributed by atoms with Crippen molar-refractivity contribution in [2.24, 2.45) is 0 Å². The SMILES string of the molecule is CC(C)c1cccc(C(C)C)c1-c1cnc2c(n1)N(c1[c-]cccc1)[CH-]N2c1ccccc1.Cc1cccc(C)c1-c1nc2c(nc1-c1c(C)cccc1C)N(c1ccccc1)[CH-]N2c1[c-]cccc1.Cc1ccccc1-c1nc2c(nc1-c1ccccc1C)N(c1ccccc1)[CH-]N2c1[c-]cccc1.[Ir].[Ir].[Ir].[Ir].[c-]1ccccc1N1[CH-]N(c2ccccc2)c2cncnc21. The molecule has 4 radical (unpaired) electrons. The van der Waals surface area contributed by atoms with Crippen molar-refractivity contribution in [1.29, 1.82) is 0 Å². The average Bonchev–Trinajstić information content (AvgIpc) is 1.68. The van der Waals surface area contributed by atoms with Crippen LogP contribution in [0.2, 0.25) is 0 Å². The monoisotopic (exact) mass is 2410 g/mol. The molecule has 0 aliphatic carbocycles. The smallest absolute Gasteiger partial charge is 0.146 e. The van der Waals surface area contributed by atoms with Gasteiger partial charge in [-0.05, 0) is 146 Å². The van der Waals surface area contributed by atoms with Gasteiger partial charge in [-0.25, -0.2) is 39.9 Å². The maximum absolute atomic E-state index is 5.41. The molecule has 0 amide bonds. The van der Waals surface area contributed by atoms with Crippen LogP contribution in [0.25, 0.3) is 56.3 Å². The summed E-state index contributed by atoms with van der Waals surface area (Å²) in [6.45, 7) is 30.0. The summed E-state index contributed by atoms with van der Waals surface area (Å²) < 4.78 is 0. The van der Waals surface area contributed by atoms with Crippen LogP contribution in [0.3, 0.4) is 0 Å². The maximum Gasteiger partial charge on any atom is 0.146 e. The van der Waals surface area contributed by atoms with Crippen molar-refractivity contribution in [2.75, 3.05) is 39.2 Å². The van der Waals surface area contributed by atoms with E-state index in [9.17, 15) is 0 Å². The number of anilines is 16. The number of aromatic nitrogens is 8. The molecule has 16 nitrogen and oxygen atoms in total. The molecule has 0 atom stereocenters. The van der Waals surface area contributed by atoms with Crippen LogP contribution in [0.5, 0.6) is 0 Å². The summed E-state index contributed by atoms with van der Waals surface area (Å²) in [5.74, 6) is 6.43. The number of hydrogen-bond acceptors (Lipinski definition) is 16. The normalized spacial score (nSPS) is 12.5. The number of fused-ring (bicyclic) bond motifs is 4. The zero-order valence-corrected chi connectivity index (χ0v) is 82.9. The molecule has 4 aliphatic heterocycles. The first-order valence-electron chi connectivity index (χ1n) is 42.4.